The third-order valence-corrected chi connectivity index (χ3v) is 5.84. The molecule has 5 nitrogen and oxygen atoms in total. The van der Waals surface area contributed by atoms with Crippen LogP contribution in [-0.4, -0.2) is 66.1 Å². The van der Waals surface area contributed by atoms with Gasteiger partial charge in [0.1, 0.15) is 18.5 Å². The predicted molar refractivity (Wildman–Crippen MR) is 109 cm³/mol. The molecule has 0 aliphatic carbocycles. The van der Waals surface area contributed by atoms with Crippen molar-refractivity contribution in [1.82, 2.24) is 9.80 Å². The van der Waals surface area contributed by atoms with Gasteiger partial charge in [-0.2, -0.15) is 0 Å². The lowest BCUT2D eigenvalue weighted by Crippen LogP contribution is -2.48. The van der Waals surface area contributed by atoms with Crippen molar-refractivity contribution in [3.8, 4) is 5.75 Å². The van der Waals surface area contributed by atoms with Gasteiger partial charge >= 0.3 is 0 Å². The fourth-order valence-electron chi connectivity index (χ4n) is 3.14. The number of β-amino-alcohol motifs (C(OH)–C–C–N with tert-alkyl or cyclic N) is 1. The Morgan fingerprint density at radius 2 is 1.96 bits per heavy atom. The molecule has 27 heavy (non-hydrogen) atoms. The molecule has 0 radical (unpaired) electrons. The zero-order valence-electron chi connectivity index (χ0n) is 15.4. The number of aliphatic hydroxyl groups excluding tert-OH is 1. The number of carbonyl (C=O) groups is 1. The van der Waals surface area contributed by atoms with Gasteiger partial charge in [0.05, 0.1) is 4.34 Å². The quantitative estimate of drug-likeness (QED) is 0.680. The number of nitrogens with zero attached hydrogens (tertiary/aromatic N) is 2. The Morgan fingerprint density at radius 3 is 2.63 bits per heavy atom. The van der Waals surface area contributed by atoms with Gasteiger partial charge in [-0.1, -0.05) is 23.7 Å². The molecule has 0 bridgehead atoms. The average molecular weight is 409 g/mol. The molecule has 1 N–H and O–H groups in total. The van der Waals surface area contributed by atoms with E-state index in [4.69, 9.17) is 16.3 Å². The zero-order valence-corrected chi connectivity index (χ0v) is 17.0. The van der Waals surface area contributed by atoms with E-state index in [1.807, 2.05) is 6.07 Å². The molecule has 1 fully saturated rings. The number of Topliss-reactive ketones (excluding diaryl/α,β-unsaturated/α-hetero) is 1. The van der Waals surface area contributed by atoms with Crippen molar-refractivity contribution in [3.05, 3.63) is 51.2 Å². The van der Waals surface area contributed by atoms with E-state index >= 15 is 0 Å². The molecule has 1 atom stereocenters. The Morgan fingerprint density at radius 1 is 1.22 bits per heavy atom. The monoisotopic (exact) mass is 408 g/mol. The van der Waals surface area contributed by atoms with E-state index < -0.39 is 6.10 Å². The lowest BCUT2D eigenvalue weighted by molar-refractivity contribution is 0.0448. The first-order chi connectivity index (χ1) is 13.0. The Kier molecular flexibility index (Phi) is 7.26. The Balaban J connectivity index is 1.38. The summed E-state index contributed by atoms with van der Waals surface area (Å²) in [5.74, 6) is 0.616. The third-order valence-electron chi connectivity index (χ3n) is 4.63. The molecule has 1 aromatic carbocycles. The molecule has 2 aromatic rings. The number of hydrogen-bond donors (Lipinski definition) is 1. The van der Waals surface area contributed by atoms with Gasteiger partial charge in [-0.3, -0.25) is 14.6 Å². The minimum Gasteiger partial charge on any atom is -0.491 e. The normalized spacial score (nSPS) is 17.0. The number of thiophene rings is 1. The van der Waals surface area contributed by atoms with E-state index in [0.717, 1.165) is 37.1 Å². The summed E-state index contributed by atoms with van der Waals surface area (Å²) >= 11 is 7.62. The largest absolute Gasteiger partial charge is 0.491 e. The van der Waals surface area contributed by atoms with Gasteiger partial charge in [-0.15, -0.1) is 11.3 Å². The molecule has 0 amide bonds. The molecule has 0 spiro atoms. The molecular weight excluding hydrogens is 384 g/mol. The van der Waals surface area contributed by atoms with Crippen LogP contribution < -0.4 is 4.74 Å². The van der Waals surface area contributed by atoms with Crippen LogP contribution in [0, 0.1) is 0 Å². The maximum Gasteiger partial charge on any atom is 0.159 e. The Bertz CT molecular complexity index is 759. The first-order valence-corrected chi connectivity index (χ1v) is 10.3. The van der Waals surface area contributed by atoms with Crippen LogP contribution in [0.25, 0.3) is 0 Å². The van der Waals surface area contributed by atoms with Crippen LogP contribution in [0.4, 0.5) is 0 Å². The van der Waals surface area contributed by atoms with Gasteiger partial charge in [0.25, 0.3) is 0 Å². The van der Waals surface area contributed by atoms with Gasteiger partial charge in [0.2, 0.25) is 0 Å². The molecule has 146 valence electrons. The molecule has 1 aromatic heterocycles. The smallest absolute Gasteiger partial charge is 0.159 e. The standard InChI is InChI=1S/C20H25ClN2O3S/c1-15(24)16-3-2-4-18(11-16)26-14-17(25)12-22-7-9-23(10-8-22)13-19-5-6-20(21)27-19/h2-6,11,17,25H,7-10,12-14H2,1H3/t17-/m0/s1. The Labute approximate surface area is 169 Å². The highest BCUT2D eigenvalue weighted by Crippen LogP contribution is 2.23. The zero-order chi connectivity index (χ0) is 19.2. The summed E-state index contributed by atoms with van der Waals surface area (Å²) in [5.41, 5.74) is 0.616. The van der Waals surface area contributed by atoms with Crippen LogP contribution in [-0.2, 0) is 6.54 Å². The number of piperazine rings is 1. The van der Waals surface area contributed by atoms with Crippen molar-refractivity contribution < 1.29 is 14.6 Å². The number of ketones is 1. The van der Waals surface area contributed by atoms with E-state index in [1.165, 1.54) is 11.8 Å². The summed E-state index contributed by atoms with van der Waals surface area (Å²) in [7, 11) is 0. The molecule has 7 heteroatoms. The SMILES string of the molecule is CC(=O)c1cccc(OC[C@@H](O)CN2CCN(Cc3ccc(Cl)s3)CC2)c1. The topological polar surface area (TPSA) is 53.0 Å². The summed E-state index contributed by atoms with van der Waals surface area (Å²) in [6.45, 7) is 7.07. The maximum atomic E-state index is 11.4. The van der Waals surface area contributed by atoms with E-state index in [0.29, 0.717) is 17.9 Å². The van der Waals surface area contributed by atoms with E-state index in [-0.39, 0.29) is 12.4 Å². The lowest BCUT2D eigenvalue weighted by atomic mass is 10.1. The number of benzene rings is 1. The van der Waals surface area contributed by atoms with Crippen molar-refractivity contribution in [3.63, 3.8) is 0 Å². The molecule has 1 aliphatic heterocycles. The molecular formula is C20H25ClN2O3S. The van der Waals surface area contributed by atoms with Crippen molar-refractivity contribution in [2.45, 2.75) is 19.6 Å². The highest BCUT2D eigenvalue weighted by molar-refractivity contribution is 7.16. The van der Waals surface area contributed by atoms with Crippen molar-refractivity contribution >= 4 is 28.7 Å². The van der Waals surface area contributed by atoms with E-state index in [1.54, 1.807) is 35.6 Å². The van der Waals surface area contributed by atoms with Crippen LogP contribution in [0.15, 0.2) is 36.4 Å². The van der Waals surface area contributed by atoms with Crippen LogP contribution in [0.2, 0.25) is 4.34 Å². The first kappa shape index (κ1) is 20.3. The minimum absolute atomic E-state index is 0.00342. The van der Waals surface area contributed by atoms with Crippen molar-refractivity contribution in [2.24, 2.45) is 0 Å². The van der Waals surface area contributed by atoms with Crippen LogP contribution in [0.1, 0.15) is 22.2 Å². The second-order valence-electron chi connectivity index (χ2n) is 6.83. The minimum atomic E-state index is -0.561. The van der Waals surface area contributed by atoms with Crippen LogP contribution in [0.3, 0.4) is 0 Å². The van der Waals surface area contributed by atoms with Crippen molar-refractivity contribution in [1.29, 1.82) is 0 Å². The van der Waals surface area contributed by atoms with Gasteiger partial charge in [0, 0.05) is 49.7 Å². The Hall–Kier alpha value is -1.44. The molecule has 0 saturated carbocycles. The third kappa shape index (κ3) is 6.30. The second kappa shape index (κ2) is 9.66. The predicted octanol–water partition coefficient (Wildman–Crippen LogP) is 3.16. The number of halogens is 1. The summed E-state index contributed by atoms with van der Waals surface area (Å²) in [5, 5.41) is 10.3. The first-order valence-electron chi connectivity index (χ1n) is 9.10. The highest BCUT2D eigenvalue weighted by atomic mass is 35.5. The summed E-state index contributed by atoms with van der Waals surface area (Å²) in [6, 6.07) is 11.1. The lowest BCUT2D eigenvalue weighted by Gasteiger charge is -2.35. The fraction of sp³-hybridized carbons (Fsp3) is 0.450. The number of carbonyl (C=O) groups excluding carboxylic acids is 1. The number of aliphatic hydroxyl groups is 1. The average Bonchev–Trinajstić information content (AvgIpc) is 3.06. The fourth-order valence-corrected chi connectivity index (χ4v) is 4.27. The molecule has 1 aliphatic rings. The highest BCUT2D eigenvalue weighted by Gasteiger charge is 2.20. The molecule has 0 unspecified atom stereocenters. The maximum absolute atomic E-state index is 11.4. The van der Waals surface area contributed by atoms with Crippen LogP contribution >= 0.6 is 22.9 Å². The van der Waals surface area contributed by atoms with Gasteiger partial charge < -0.3 is 9.84 Å². The van der Waals surface area contributed by atoms with E-state index in [9.17, 15) is 9.90 Å². The summed E-state index contributed by atoms with van der Waals surface area (Å²) in [6.07, 6.45) is -0.561. The number of hydrogen-bond acceptors (Lipinski definition) is 6. The van der Waals surface area contributed by atoms with Gasteiger partial charge in [0.15, 0.2) is 5.78 Å². The number of ether oxygens (including phenoxy) is 1. The summed E-state index contributed by atoms with van der Waals surface area (Å²) in [4.78, 5) is 17.4. The summed E-state index contributed by atoms with van der Waals surface area (Å²) < 4.78 is 6.49. The van der Waals surface area contributed by atoms with Gasteiger partial charge in [-0.25, -0.2) is 0 Å². The van der Waals surface area contributed by atoms with E-state index in [2.05, 4.69) is 15.9 Å². The molecule has 3 rings (SSSR count). The number of rotatable bonds is 8. The van der Waals surface area contributed by atoms with Crippen molar-refractivity contribution in [2.75, 3.05) is 39.3 Å². The molecule has 1 saturated heterocycles. The van der Waals surface area contributed by atoms with Gasteiger partial charge in [-0.05, 0) is 31.2 Å². The van der Waals surface area contributed by atoms with Crippen LogP contribution in [0.5, 0.6) is 5.75 Å². The second-order valence-corrected chi connectivity index (χ2v) is 8.63. The molecule has 2 heterocycles.